The highest BCUT2D eigenvalue weighted by molar-refractivity contribution is 6.11. The van der Waals surface area contributed by atoms with E-state index in [1.165, 1.54) is 21.5 Å². The van der Waals surface area contributed by atoms with Crippen LogP contribution >= 0.6 is 0 Å². The molecule has 0 bridgehead atoms. The second-order valence-corrected chi connectivity index (χ2v) is 16.9. The fraction of sp³-hybridized carbons (Fsp3) is 0.296. The first kappa shape index (κ1) is 44.3. The van der Waals surface area contributed by atoms with Crippen LogP contribution < -0.4 is 42.7 Å². The summed E-state index contributed by atoms with van der Waals surface area (Å²) in [4.78, 5) is 0. The SMILES string of the molecule is CCCOCCOCCC(CNCCC[n+]1c(-c2ccccc2)c2cc(N)ccc2c2ccc(N)cc21)CNCCC[n+]1c(-c2ccccc2)c2cc(N)ccc2c2ccc(N)cc21. The van der Waals surface area contributed by atoms with E-state index >= 15 is 0 Å². The van der Waals surface area contributed by atoms with Crippen molar-refractivity contribution in [1.29, 1.82) is 0 Å². The van der Waals surface area contributed by atoms with Crippen molar-refractivity contribution in [3.63, 3.8) is 0 Å². The number of aryl methyl sites for hydroxylation is 2. The minimum absolute atomic E-state index is 0.380. The zero-order valence-corrected chi connectivity index (χ0v) is 37.2. The highest BCUT2D eigenvalue weighted by atomic mass is 16.5. The van der Waals surface area contributed by atoms with E-state index in [9.17, 15) is 0 Å². The average Bonchev–Trinajstić information content (AvgIpc) is 3.31. The molecule has 0 saturated heterocycles. The number of nitrogens with zero attached hydrogens (tertiary/aromatic N) is 2. The van der Waals surface area contributed by atoms with Gasteiger partial charge in [-0.1, -0.05) is 55.5 Å². The standard InChI is InChI=1S/C54H62N8O2/c1-2-28-63-30-31-64-29-23-38(36-59-24-9-26-61-51-34-43(57)17-21-47(51)45-19-15-41(55)32-49(45)53(61)39-11-5-3-6-12-39)37-60-25-10-27-62-52-35-44(58)18-22-48(52)46-20-16-42(56)33-50(46)54(62)40-13-7-4-8-14-40/h3-8,11-22,32-35,38,57-60H,2,9-10,23-31,36-37,55-56H2,1H3/p+2. The third-order valence-electron chi connectivity index (χ3n) is 12.2. The van der Waals surface area contributed by atoms with Crippen molar-refractivity contribution in [2.45, 2.75) is 45.7 Å². The van der Waals surface area contributed by atoms with E-state index < -0.39 is 0 Å². The number of ether oxygens (including phenoxy) is 2. The quantitative estimate of drug-likeness (QED) is 0.0171. The monoisotopic (exact) mass is 857 g/mol. The van der Waals surface area contributed by atoms with Gasteiger partial charge in [0.2, 0.25) is 22.4 Å². The van der Waals surface area contributed by atoms with Gasteiger partial charge >= 0.3 is 0 Å². The molecular formula is C54H64N8O2+2. The summed E-state index contributed by atoms with van der Waals surface area (Å²) in [5.41, 5.74) is 35.5. The molecule has 10 N–H and O–H groups in total. The first-order chi connectivity index (χ1) is 31.4. The highest BCUT2D eigenvalue weighted by Gasteiger charge is 2.25. The third-order valence-corrected chi connectivity index (χ3v) is 12.2. The van der Waals surface area contributed by atoms with Gasteiger partial charge in [0.05, 0.1) is 34.8 Å². The summed E-state index contributed by atoms with van der Waals surface area (Å²) < 4.78 is 16.6. The molecular weight excluding hydrogens is 793 g/mol. The summed E-state index contributed by atoms with van der Waals surface area (Å²) in [7, 11) is 0. The zero-order valence-electron chi connectivity index (χ0n) is 37.2. The number of nitrogens with two attached hydrogens (primary N) is 4. The molecule has 8 aromatic rings. The van der Waals surface area contributed by atoms with Crippen molar-refractivity contribution >= 4 is 66.1 Å². The summed E-state index contributed by atoms with van der Waals surface area (Å²) in [5.74, 6) is 0.380. The van der Waals surface area contributed by atoms with E-state index in [2.05, 4.69) is 136 Å². The van der Waals surface area contributed by atoms with Crippen molar-refractivity contribution < 1.29 is 18.6 Å². The van der Waals surface area contributed by atoms with Crippen LogP contribution in [-0.4, -0.2) is 52.6 Å². The summed E-state index contributed by atoms with van der Waals surface area (Å²) in [6, 6.07) is 46.1. The Morgan fingerprint density at radius 1 is 0.469 bits per heavy atom. The molecule has 2 heterocycles. The lowest BCUT2D eigenvalue weighted by atomic mass is 9.98. The van der Waals surface area contributed by atoms with E-state index in [4.69, 9.17) is 32.4 Å². The lowest BCUT2D eigenvalue weighted by Crippen LogP contribution is -2.40. The van der Waals surface area contributed by atoms with Gasteiger partial charge in [0.1, 0.15) is 0 Å². The molecule has 0 radical (unpaired) electrons. The van der Waals surface area contributed by atoms with Gasteiger partial charge < -0.3 is 43.0 Å². The molecule has 0 saturated carbocycles. The van der Waals surface area contributed by atoms with Crippen molar-refractivity contribution in [2.24, 2.45) is 5.92 Å². The number of hydrogen-bond donors (Lipinski definition) is 6. The highest BCUT2D eigenvalue weighted by Crippen LogP contribution is 2.35. The van der Waals surface area contributed by atoms with Crippen molar-refractivity contribution in [1.82, 2.24) is 10.6 Å². The normalized spacial score (nSPS) is 11.8. The molecule has 64 heavy (non-hydrogen) atoms. The molecule has 8 rings (SSSR count). The van der Waals surface area contributed by atoms with Gasteiger partial charge in [0.15, 0.2) is 13.1 Å². The van der Waals surface area contributed by atoms with Gasteiger partial charge in [0, 0.05) is 95.9 Å². The number of hydrogen-bond acceptors (Lipinski definition) is 8. The Balaban J connectivity index is 0.953. The maximum Gasteiger partial charge on any atom is 0.220 e. The second-order valence-electron chi connectivity index (χ2n) is 16.9. The smallest absolute Gasteiger partial charge is 0.220 e. The van der Waals surface area contributed by atoms with Gasteiger partial charge in [-0.05, 0) is 105 Å². The van der Waals surface area contributed by atoms with Crippen molar-refractivity contribution in [3.05, 3.63) is 133 Å². The van der Waals surface area contributed by atoms with Gasteiger partial charge in [-0.15, -0.1) is 0 Å². The summed E-state index contributed by atoms with van der Waals surface area (Å²) in [6.45, 7) is 9.94. The zero-order chi connectivity index (χ0) is 44.3. The predicted octanol–water partition coefficient (Wildman–Crippen LogP) is 8.65. The Morgan fingerprint density at radius 3 is 1.34 bits per heavy atom. The number of benzene rings is 6. The van der Waals surface area contributed by atoms with Gasteiger partial charge in [-0.25, -0.2) is 0 Å². The van der Waals surface area contributed by atoms with Gasteiger partial charge in [-0.2, -0.15) is 9.13 Å². The summed E-state index contributed by atoms with van der Waals surface area (Å²) in [6.07, 6.45) is 3.83. The number of rotatable bonds is 22. The number of pyridine rings is 2. The molecule has 0 amide bonds. The number of nitrogen functional groups attached to an aromatic ring is 4. The average molecular weight is 857 g/mol. The van der Waals surface area contributed by atoms with Gasteiger partial charge in [0.25, 0.3) is 0 Å². The molecule has 0 atom stereocenters. The Bertz CT molecular complexity index is 2630. The fourth-order valence-corrected chi connectivity index (χ4v) is 9.13. The first-order valence-electron chi connectivity index (χ1n) is 23.0. The van der Waals surface area contributed by atoms with Crippen LogP contribution in [0.1, 0.15) is 32.6 Å². The lowest BCUT2D eigenvalue weighted by Gasteiger charge is -2.19. The minimum Gasteiger partial charge on any atom is -0.399 e. The Morgan fingerprint density at radius 2 is 0.891 bits per heavy atom. The largest absolute Gasteiger partial charge is 0.399 e. The van der Waals surface area contributed by atoms with E-state index in [-0.39, 0.29) is 0 Å². The molecule has 330 valence electrons. The summed E-state index contributed by atoms with van der Waals surface area (Å²) in [5, 5.41) is 14.6. The molecule has 0 unspecified atom stereocenters. The first-order valence-corrected chi connectivity index (χ1v) is 23.0. The lowest BCUT2D eigenvalue weighted by molar-refractivity contribution is -0.659. The van der Waals surface area contributed by atoms with E-state index in [0.29, 0.717) is 25.7 Å². The van der Waals surface area contributed by atoms with Gasteiger partial charge in [-0.3, -0.25) is 0 Å². The second kappa shape index (κ2) is 21.4. The molecule has 10 nitrogen and oxygen atoms in total. The van der Waals surface area contributed by atoms with E-state index in [1.54, 1.807) is 0 Å². The van der Waals surface area contributed by atoms with E-state index in [1.807, 2.05) is 24.3 Å². The number of aromatic nitrogens is 2. The van der Waals surface area contributed by atoms with Crippen LogP contribution in [0.25, 0.3) is 65.9 Å². The molecule has 0 fully saturated rings. The molecule has 6 aromatic carbocycles. The number of anilines is 4. The van der Waals surface area contributed by atoms with Crippen LogP contribution in [-0.2, 0) is 22.6 Å². The number of fused-ring (bicyclic) bond motifs is 6. The molecule has 10 heteroatoms. The van der Waals surface area contributed by atoms with Crippen molar-refractivity contribution in [2.75, 3.05) is 75.5 Å². The fourth-order valence-electron chi connectivity index (χ4n) is 9.13. The van der Waals surface area contributed by atoms with Crippen LogP contribution in [0.5, 0.6) is 0 Å². The van der Waals surface area contributed by atoms with Crippen LogP contribution in [0.3, 0.4) is 0 Å². The van der Waals surface area contributed by atoms with Crippen LogP contribution in [0.15, 0.2) is 133 Å². The van der Waals surface area contributed by atoms with Crippen molar-refractivity contribution in [3.8, 4) is 22.5 Å². The molecule has 2 aromatic heterocycles. The maximum absolute atomic E-state index is 6.43. The molecule has 0 aliphatic carbocycles. The Hall–Kier alpha value is -6.30. The van der Waals surface area contributed by atoms with E-state index in [0.717, 1.165) is 139 Å². The maximum atomic E-state index is 6.43. The topological polar surface area (TPSA) is 154 Å². The predicted molar refractivity (Wildman–Crippen MR) is 267 cm³/mol. The number of nitrogens with one attached hydrogen (secondary N) is 2. The molecule has 0 aliphatic rings. The van der Waals surface area contributed by atoms with Crippen LogP contribution in [0.2, 0.25) is 0 Å². The Labute approximate surface area is 377 Å². The van der Waals surface area contributed by atoms with Crippen LogP contribution in [0, 0.1) is 5.92 Å². The summed E-state index contributed by atoms with van der Waals surface area (Å²) >= 11 is 0. The van der Waals surface area contributed by atoms with Crippen LogP contribution in [0.4, 0.5) is 22.7 Å². The minimum atomic E-state index is 0.380. The Kier molecular flexibility index (Phi) is 14.8. The third kappa shape index (κ3) is 10.4. The molecule has 0 spiro atoms. The molecule has 0 aliphatic heterocycles.